The topological polar surface area (TPSA) is 49.0 Å². The molecule has 0 fully saturated rings. The summed E-state index contributed by atoms with van der Waals surface area (Å²) < 4.78 is 53.0. The Kier molecular flexibility index (Phi) is 4.06. The summed E-state index contributed by atoms with van der Waals surface area (Å²) in [6.07, 6.45) is -1.41. The van der Waals surface area contributed by atoms with Gasteiger partial charge in [0.15, 0.2) is 0 Å². The number of anilines is 2. The van der Waals surface area contributed by atoms with Crippen molar-refractivity contribution in [3.63, 3.8) is 0 Å². The van der Waals surface area contributed by atoms with Crippen molar-refractivity contribution in [3.05, 3.63) is 77.1 Å². The fourth-order valence-electron chi connectivity index (χ4n) is 3.14. The van der Waals surface area contributed by atoms with Crippen molar-refractivity contribution >= 4 is 28.9 Å². The van der Waals surface area contributed by atoms with Crippen LogP contribution in [-0.2, 0) is 11.0 Å². The van der Waals surface area contributed by atoms with Gasteiger partial charge in [-0.25, -0.2) is 9.37 Å². The van der Waals surface area contributed by atoms with Crippen molar-refractivity contribution < 1.29 is 22.4 Å². The first-order valence-electron chi connectivity index (χ1n) is 8.30. The summed E-state index contributed by atoms with van der Waals surface area (Å²) in [4.78, 5) is 21.3. The Morgan fingerprint density at radius 1 is 1.11 bits per heavy atom. The Morgan fingerprint density at radius 3 is 2.43 bits per heavy atom. The maximum Gasteiger partial charge on any atom is 0.416 e. The molecule has 8 heteroatoms. The van der Waals surface area contributed by atoms with E-state index in [4.69, 9.17) is 0 Å². The van der Waals surface area contributed by atoms with E-state index in [0.717, 1.165) is 12.1 Å². The Hall–Kier alpha value is -3.42. The monoisotopic (exact) mass is 387 g/mol. The fraction of sp³-hybridized carbons (Fsp3) is 0.100. The predicted molar refractivity (Wildman–Crippen MR) is 96.2 cm³/mol. The maximum absolute atomic E-state index is 14.5. The zero-order valence-corrected chi connectivity index (χ0v) is 14.5. The number of rotatable bonds is 2. The number of H-pyrrole nitrogens is 1. The van der Waals surface area contributed by atoms with Gasteiger partial charge in [0.1, 0.15) is 11.6 Å². The van der Waals surface area contributed by atoms with Crippen molar-refractivity contribution in [2.24, 2.45) is 0 Å². The second-order valence-electron chi connectivity index (χ2n) is 6.30. The first-order chi connectivity index (χ1) is 13.3. The number of benzene rings is 2. The van der Waals surface area contributed by atoms with Gasteiger partial charge in [0.2, 0.25) is 0 Å². The largest absolute Gasteiger partial charge is 0.416 e. The third-order valence-electron chi connectivity index (χ3n) is 4.39. The van der Waals surface area contributed by atoms with Crippen molar-refractivity contribution in [3.8, 4) is 0 Å². The average Bonchev–Trinajstić information content (AvgIpc) is 3.17. The maximum atomic E-state index is 14.5. The van der Waals surface area contributed by atoms with Crippen LogP contribution in [0.5, 0.6) is 0 Å². The number of carbonyl (C=O) groups excluding carboxylic acids is 1. The molecule has 0 saturated carbocycles. The smallest absolute Gasteiger partial charge is 0.345 e. The Morgan fingerprint density at radius 2 is 1.82 bits per heavy atom. The van der Waals surface area contributed by atoms with Crippen molar-refractivity contribution in [2.75, 3.05) is 4.90 Å². The van der Waals surface area contributed by atoms with E-state index in [-0.39, 0.29) is 22.5 Å². The van der Waals surface area contributed by atoms with Crippen LogP contribution in [0.15, 0.2) is 48.7 Å². The van der Waals surface area contributed by atoms with E-state index in [9.17, 15) is 22.4 Å². The standard InChI is InChI=1S/C20H13F4N3O/c1-11-10-25-17(26-11)9-14-18-15(21)3-2-4-16(18)27(19(14)28)13-7-5-12(6-8-13)20(22,23)24/h2-10H,1H3,(H,25,26). The number of hydrogen-bond donors (Lipinski definition) is 1. The highest BCUT2D eigenvalue weighted by molar-refractivity contribution is 6.37. The van der Waals surface area contributed by atoms with Crippen LogP contribution in [0.4, 0.5) is 28.9 Å². The number of aromatic nitrogens is 2. The fourth-order valence-corrected chi connectivity index (χ4v) is 3.14. The lowest BCUT2D eigenvalue weighted by molar-refractivity contribution is -0.137. The van der Waals surface area contributed by atoms with E-state index in [1.165, 1.54) is 35.2 Å². The number of aromatic amines is 1. The van der Waals surface area contributed by atoms with Gasteiger partial charge in [-0.3, -0.25) is 9.69 Å². The summed E-state index contributed by atoms with van der Waals surface area (Å²) in [5.74, 6) is -0.770. The van der Waals surface area contributed by atoms with Gasteiger partial charge >= 0.3 is 6.18 Å². The molecule has 142 valence electrons. The van der Waals surface area contributed by atoms with Gasteiger partial charge in [-0.05, 0) is 49.4 Å². The zero-order chi connectivity index (χ0) is 20.1. The first kappa shape index (κ1) is 18.0. The van der Waals surface area contributed by atoms with Crippen LogP contribution in [0.3, 0.4) is 0 Å². The Balaban J connectivity index is 1.83. The van der Waals surface area contributed by atoms with Crippen LogP contribution in [-0.4, -0.2) is 15.9 Å². The van der Waals surface area contributed by atoms with Crippen molar-refractivity contribution in [1.82, 2.24) is 9.97 Å². The number of nitrogens with zero attached hydrogens (tertiary/aromatic N) is 2. The molecule has 3 aromatic rings. The molecule has 1 aromatic heterocycles. The van der Waals surface area contributed by atoms with Crippen LogP contribution in [0.25, 0.3) is 11.6 Å². The van der Waals surface area contributed by atoms with Gasteiger partial charge in [-0.1, -0.05) is 6.07 Å². The number of nitrogens with one attached hydrogen (secondary N) is 1. The summed E-state index contributed by atoms with van der Waals surface area (Å²) in [5, 5.41) is 0. The Labute approximate surface area is 157 Å². The molecule has 1 aliphatic heterocycles. The van der Waals surface area contributed by atoms with Crippen molar-refractivity contribution in [1.29, 1.82) is 0 Å². The summed E-state index contributed by atoms with van der Waals surface area (Å²) in [7, 11) is 0. The zero-order valence-electron chi connectivity index (χ0n) is 14.5. The van der Waals surface area contributed by atoms with Gasteiger partial charge in [0.05, 0.1) is 22.5 Å². The lowest BCUT2D eigenvalue weighted by Crippen LogP contribution is -2.20. The second kappa shape index (κ2) is 6.33. The number of halogens is 4. The number of fused-ring (bicyclic) bond motifs is 1. The van der Waals surface area contributed by atoms with E-state index < -0.39 is 23.5 Å². The molecule has 0 radical (unpaired) electrons. The minimum absolute atomic E-state index is 0.0716. The molecule has 0 saturated heterocycles. The Bertz CT molecular complexity index is 1100. The van der Waals surface area contributed by atoms with Gasteiger partial charge < -0.3 is 4.98 Å². The molecule has 0 unspecified atom stereocenters. The third-order valence-corrected chi connectivity index (χ3v) is 4.39. The molecule has 2 heterocycles. The van der Waals surface area contributed by atoms with Crippen molar-refractivity contribution in [2.45, 2.75) is 13.1 Å². The summed E-state index contributed by atoms with van der Waals surface area (Å²) in [5.41, 5.74) is 0.502. The van der Waals surface area contributed by atoms with Crippen LogP contribution in [0, 0.1) is 12.7 Å². The quantitative estimate of drug-likeness (QED) is 0.492. The van der Waals surface area contributed by atoms with Crippen LogP contribution in [0.1, 0.15) is 22.6 Å². The lowest BCUT2D eigenvalue weighted by Gasteiger charge is -2.18. The molecule has 4 rings (SSSR count). The van der Waals surface area contributed by atoms with E-state index in [2.05, 4.69) is 9.97 Å². The highest BCUT2D eigenvalue weighted by atomic mass is 19.4. The average molecular weight is 387 g/mol. The van der Waals surface area contributed by atoms with Crippen LogP contribution < -0.4 is 4.90 Å². The highest BCUT2D eigenvalue weighted by Crippen LogP contribution is 2.43. The van der Waals surface area contributed by atoms with Gasteiger partial charge in [-0.2, -0.15) is 13.2 Å². The number of imidazole rings is 1. The molecule has 0 aliphatic carbocycles. The molecule has 4 nitrogen and oxygen atoms in total. The lowest BCUT2D eigenvalue weighted by atomic mass is 10.1. The minimum atomic E-state index is -4.49. The van der Waals surface area contributed by atoms with Gasteiger partial charge in [0.25, 0.3) is 5.91 Å². The van der Waals surface area contributed by atoms with Gasteiger partial charge in [0, 0.05) is 17.4 Å². The molecule has 1 amide bonds. The third kappa shape index (κ3) is 2.96. The second-order valence-corrected chi connectivity index (χ2v) is 6.30. The number of amides is 1. The van der Waals surface area contributed by atoms with E-state index in [1.807, 2.05) is 0 Å². The van der Waals surface area contributed by atoms with Crippen LogP contribution in [0.2, 0.25) is 0 Å². The summed E-state index contributed by atoms with van der Waals surface area (Å²) >= 11 is 0. The summed E-state index contributed by atoms with van der Waals surface area (Å²) in [6.45, 7) is 1.76. The summed E-state index contributed by atoms with van der Waals surface area (Å²) in [6, 6.07) is 8.37. The number of aryl methyl sites for hydroxylation is 1. The number of hydrogen-bond acceptors (Lipinski definition) is 2. The first-order valence-corrected chi connectivity index (χ1v) is 8.30. The number of carbonyl (C=O) groups is 1. The van der Waals surface area contributed by atoms with Crippen LogP contribution >= 0.6 is 0 Å². The predicted octanol–water partition coefficient (Wildman–Crippen LogP) is 5.09. The minimum Gasteiger partial charge on any atom is -0.345 e. The van der Waals surface area contributed by atoms with E-state index in [1.54, 1.807) is 19.2 Å². The molecule has 1 aliphatic rings. The molecule has 28 heavy (non-hydrogen) atoms. The molecule has 0 bridgehead atoms. The normalized spacial score (nSPS) is 15.4. The van der Waals surface area contributed by atoms with Gasteiger partial charge in [-0.15, -0.1) is 0 Å². The number of alkyl halides is 3. The molecular weight excluding hydrogens is 374 g/mol. The molecular formula is C20H13F4N3O. The SMILES string of the molecule is Cc1c[nH]c(C=C2C(=O)N(c3ccc(C(F)(F)F)cc3)c3cccc(F)c32)n1. The molecule has 0 atom stereocenters. The molecule has 0 spiro atoms. The highest BCUT2D eigenvalue weighted by Gasteiger charge is 2.36. The molecule has 2 aromatic carbocycles. The molecule has 1 N–H and O–H groups in total. The van der Waals surface area contributed by atoms with E-state index >= 15 is 0 Å². The van der Waals surface area contributed by atoms with E-state index in [0.29, 0.717) is 11.5 Å².